The Labute approximate surface area is 181 Å². The predicted octanol–water partition coefficient (Wildman–Crippen LogP) is 2.94. The van der Waals surface area contributed by atoms with E-state index >= 15 is 0 Å². The molecule has 1 aromatic rings. The number of carbonyl (C=O) groups excluding carboxylic acids is 2. The SMILES string of the molecule is CCN(CC)C(C(=O)N1CCC(C(=O)N2CC(C)OC(C)C2)CC1)c1ccccc1. The standard InChI is InChI=1S/C24H37N3O3/c1-5-25(6-2)22(20-10-8-7-9-11-20)24(29)26-14-12-21(13-15-26)23(28)27-16-18(3)30-19(4)17-27/h7-11,18-19,21-22H,5-6,12-17H2,1-4H3. The minimum atomic E-state index is -0.255. The zero-order valence-electron chi connectivity index (χ0n) is 18.9. The van der Waals surface area contributed by atoms with Crippen LogP contribution in [0.4, 0.5) is 0 Å². The van der Waals surface area contributed by atoms with Crippen LogP contribution in [0.2, 0.25) is 0 Å². The van der Waals surface area contributed by atoms with Gasteiger partial charge in [-0.05, 0) is 45.3 Å². The molecule has 0 N–H and O–H groups in total. The number of benzene rings is 1. The lowest BCUT2D eigenvalue weighted by Gasteiger charge is -2.40. The molecule has 6 heteroatoms. The van der Waals surface area contributed by atoms with Gasteiger partial charge in [0.1, 0.15) is 6.04 Å². The van der Waals surface area contributed by atoms with Crippen molar-refractivity contribution in [3.05, 3.63) is 35.9 Å². The van der Waals surface area contributed by atoms with Crippen LogP contribution in [-0.4, -0.2) is 78.0 Å². The Kier molecular flexibility index (Phi) is 7.89. The molecule has 6 nitrogen and oxygen atoms in total. The minimum Gasteiger partial charge on any atom is -0.372 e. The minimum absolute atomic E-state index is 0.00942. The Hall–Kier alpha value is -1.92. The molecule has 0 bridgehead atoms. The third-order valence-corrected chi connectivity index (χ3v) is 6.41. The van der Waals surface area contributed by atoms with Gasteiger partial charge in [-0.15, -0.1) is 0 Å². The van der Waals surface area contributed by atoms with Crippen molar-refractivity contribution in [1.29, 1.82) is 0 Å². The maximum absolute atomic E-state index is 13.5. The molecule has 0 saturated carbocycles. The Balaban J connectivity index is 1.64. The molecule has 2 aliphatic rings. The van der Waals surface area contributed by atoms with E-state index in [4.69, 9.17) is 4.74 Å². The molecule has 1 aromatic carbocycles. The number of rotatable bonds is 6. The highest BCUT2D eigenvalue weighted by Crippen LogP contribution is 2.27. The Morgan fingerprint density at radius 3 is 2.10 bits per heavy atom. The average Bonchev–Trinajstić information content (AvgIpc) is 2.76. The number of hydrogen-bond donors (Lipinski definition) is 0. The summed E-state index contributed by atoms with van der Waals surface area (Å²) in [5.41, 5.74) is 1.04. The summed E-state index contributed by atoms with van der Waals surface area (Å²) in [5.74, 6) is 0.395. The summed E-state index contributed by atoms with van der Waals surface area (Å²) in [6.07, 6.45) is 1.65. The fourth-order valence-electron chi connectivity index (χ4n) is 4.87. The van der Waals surface area contributed by atoms with E-state index < -0.39 is 0 Å². The van der Waals surface area contributed by atoms with Crippen molar-refractivity contribution in [2.75, 3.05) is 39.3 Å². The summed E-state index contributed by atoms with van der Waals surface area (Å²) < 4.78 is 5.76. The van der Waals surface area contributed by atoms with Gasteiger partial charge in [-0.3, -0.25) is 14.5 Å². The predicted molar refractivity (Wildman–Crippen MR) is 118 cm³/mol. The van der Waals surface area contributed by atoms with Gasteiger partial charge in [0, 0.05) is 32.1 Å². The topological polar surface area (TPSA) is 53.1 Å². The third-order valence-electron chi connectivity index (χ3n) is 6.41. The summed E-state index contributed by atoms with van der Waals surface area (Å²) in [6.45, 7) is 12.5. The van der Waals surface area contributed by atoms with E-state index in [1.165, 1.54) is 0 Å². The van der Waals surface area contributed by atoms with E-state index in [0.29, 0.717) is 26.2 Å². The molecule has 3 rings (SSSR count). The highest BCUT2D eigenvalue weighted by Gasteiger charge is 2.36. The van der Waals surface area contributed by atoms with Gasteiger partial charge in [0.15, 0.2) is 0 Å². The summed E-state index contributed by atoms with van der Waals surface area (Å²) in [5, 5.41) is 0. The maximum atomic E-state index is 13.5. The summed E-state index contributed by atoms with van der Waals surface area (Å²) in [4.78, 5) is 32.7. The first-order chi connectivity index (χ1) is 14.4. The molecular formula is C24H37N3O3. The van der Waals surface area contributed by atoms with Gasteiger partial charge in [0.25, 0.3) is 0 Å². The molecule has 2 fully saturated rings. The van der Waals surface area contributed by atoms with Crippen molar-refractivity contribution in [1.82, 2.24) is 14.7 Å². The van der Waals surface area contributed by atoms with Crippen LogP contribution in [0.3, 0.4) is 0 Å². The smallest absolute Gasteiger partial charge is 0.244 e. The Bertz CT molecular complexity index is 689. The van der Waals surface area contributed by atoms with Crippen molar-refractivity contribution < 1.29 is 14.3 Å². The largest absolute Gasteiger partial charge is 0.372 e. The molecule has 0 aliphatic carbocycles. The van der Waals surface area contributed by atoms with E-state index in [1.807, 2.05) is 54.0 Å². The summed E-state index contributed by atoms with van der Waals surface area (Å²) >= 11 is 0. The van der Waals surface area contributed by atoms with Crippen LogP contribution in [0, 0.1) is 5.92 Å². The molecule has 2 aliphatic heterocycles. The van der Waals surface area contributed by atoms with Gasteiger partial charge in [0.2, 0.25) is 11.8 Å². The lowest BCUT2D eigenvalue weighted by atomic mass is 9.93. The highest BCUT2D eigenvalue weighted by molar-refractivity contribution is 5.84. The second kappa shape index (κ2) is 10.4. The number of piperidine rings is 1. The highest BCUT2D eigenvalue weighted by atomic mass is 16.5. The number of likely N-dealkylation sites (tertiary alicyclic amines) is 1. The van der Waals surface area contributed by atoms with Crippen LogP contribution < -0.4 is 0 Å². The van der Waals surface area contributed by atoms with Gasteiger partial charge >= 0.3 is 0 Å². The van der Waals surface area contributed by atoms with E-state index in [9.17, 15) is 9.59 Å². The normalized spacial score (nSPS) is 24.2. The lowest BCUT2D eigenvalue weighted by molar-refractivity contribution is -0.151. The number of amides is 2. The monoisotopic (exact) mass is 415 g/mol. The quantitative estimate of drug-likeness (QED) is 0.717. The second-order valence-corrected chi connectivity index (χ2v) is 8.63. The third kappa shape index (κ3) is 5.22. The summed E-state index contributed by atoms with van der Waals surface area (Å²) in [7, 11) is 0. The first-order valence-corrected chi connectivity index (χ1v) is 11.5. The van der Waals surface area contributed by atoms with Crippen LogP contribution in [0.5, 0.6) is 0 Å². The molecule has 30 heavy (non-hydrogen) atoms. The lowest BCUT2D eigenvalue weighted by Crippen LogP contribution is -2.52. The fourth-order valence-corrected chi connectivity index (χ4v) is 4.87. The molecule has 166 valence electrons. The molecule has 0 radical (unpaired) electrons. The maximum Gasteiger partial charge on any atom is 0.244 e. The van der Waals surface area contributed by atoms with Gasteiger partial charge in [0.05, 0.1) is 12.2 Å². The number of carbonyl (C=O) groups is 2. The van der Waals surface area contributed by atoms with E-state index in [-0.39, 0.29) is 36.0 Å². The molecule has 2 heterocycles. The van der Waals surface area contributed by atoms with E-state index in [0.717, 1.165) is 31.5 Å². The number of likely N-dealkylation sites (N-methyl/N-ethyl adjacent to an activating group) is 1. The molecule has 3 unspecified atom stereocenters. The van der Waals surface area contributed by atoms with Gasteiger partial charge in [-0.2, -0.15) is 0 Å². The Morgan fingerprint density at radius 1 is 1.00 bits per heavy atom. The molecule has 0 aromatic heterocycles. The second-order valence-electron chi connectivity index (χ2n) is 8.63. The van der Waals surface area contributed by atoms with Crippen LogP contribution in [0.25, 0.3) is 0 Å². The molecule has 2 amide bonds. The van der Waals surface area contributed by atoms with E-state index in [2.05, 4.69) is 18.7 Å². The van der Waals surface area contributed by atoms with Crippen LogP contribution in [0.15, 0.2) is 30.3 Å². The zero-order valence-corrected chi connectivity index (χ0v) is 18.9. The van der Waals surface area contributed by atoms with Crippen molar-refractivity contribution >= 4 is 11.8 Å². The number of ether oxygens (including phenoxy) is 1. The van der Waals surface area contributed by atoms with Gasteiger partial charge in [-0.1, -0.05) is 44.2 Å². The number of nitrogens with zero attached hydrogens (tertiary/aromatic N) is 3. The van der Waals surface area contributed by atoms with Gasteiger partial charge < -0.3 is 14.5 Å². The summed E-state index contributed by atoms with van der Waals surface area (Å²) in [6, 6.07) is 9.80. The zero-order chi connectivity index (χ0) is 21.7. The van der Waals surface area contributed by atoms with Crippen molar-refractivity contribution in [3.63, 3.8) is 0 Å². The van der Waals surface area contributed by atoms with Crippen LogP contribution in [0.1, 0.15) is 52.1 Å². The first-order valence-electron chi connectivity index (χ1n) is 11.5. The first kappa shape index (κ1) is 22.8. The Morgan fingerprint density at radius 2 is 1.57 bits per heavy atom. The molecule has 2 saturated heterocycles. The molecule has 0 spiro atoms. The number of hydrogen-bond acceptors (Lipinski definition) is 4. The average molecular weight is 416 g/mol. The number of morpholine rings is 1. The van der Waals surface area contributed by atoms with Crippen molar-refractivity contribution in [3.8, 4) is 0 Å². The van der Waals surface area contributed by atoms with Crippen molar-refractivity contribution in [2.24, 2.45) is 5.92 Å². The van der Waals surface area contributed by atoms with Gasteiger partial charge in [-0.25, -0.2) is 0 Å². The fraction of sp³-hybridized carbons (Fsp3) is 0.667. The molecular weight excluding hydrogens is 378 g/mol. The van der Waals surface area contributed by atoms with E-state index in [1.54, 1.807) is 0 Å². The molecule has 3 atom stereocenters. The van der Waals surface area contributed by atoms with Crippen molar-refractivity contribution in [2.45, 2.75) is 58.8 Å². The van der Waals surface area contributed by atoms with Crippen LogP contribution in [-0.2, 0) is 14.3 Å². The van der Waals surface area contributed by atoms with Crippen LogP contribution >= 0.6 is 0 Å².